The highest BCUT2D eigenvalue weighted by molar-refractivity contribution is 6.14. The van der Waals surface area contributed by atoms with E-state index in [4.69, 9.17) is 19.3 Å². The highest BCUT2D eigenvalue weighted by Crippen LogP contribution is 2.35. The molecule has 2 aromatic rings. The van der Waals surface area contributed by atoms with Crippen LogP contribution in [0.5, 0.6) is 11.5 Å². The lowest BCUT2D eigenvalue weighted by Crippen LogP contribution is -2.42. The number of fused-ring (bicyclic) bond motifs is 1. The van der Waals surface area contributed by atoms with E-state index in [-0.39, 0.29) is 24.6 Å². The van der Waals surface area contributed by atoms with E-state index < -0.39 is 0 Å². The van der Waals surface area contributed by atoms with E-state index in [0.29, 0.717) is 36.8 Å². The summed E-state index contributed by atoms with van der Waals surface area (Å²) in [5, 5.41) is 9.06. The highest BCUT2D eigenvalue weighted by Gasteiger charge is 2.30. The van der Waals surface area contributed by atoms with Crippen LogP contribution in [-0.2, 0) is 16.0 Å². The lowest BCUT2D eigenvalue weighted by atomic mass is 9.93. The van der Waals surface area contributed by atoms with Gasteiger partial charge in [-0.15, -0.1) is 0 Å². The first kappa shape index (κ1) is 23.6. The molecule has 0 aromatic heterocycles. The van der Waals surface area contributed by atoms with Gasteiger partial charge in [0.15, 0.2) is 11.5 Å². The average molecular weight is 467 g/mol. The van der Waals surface area contributed by atoms with Crippen molar-refractivity contribution < 1.29 is 23.8 Å². The molecule has 2 aliphatic rings. The van der Waals surface area contributed by atoms with Gasteiger partial charge in [-0.1, -0.05) is 19.1 Å². The number of amides is 3. The Morgan fingerprint density at radius 1 is 1.18 bits per heavy atom. The molecule has 4 rings (SSSR count). The Morgan fingerprint density at radius 3 is 2.50 bits per heavy atom. The Morgan fingerprint density at radius 2 is 1.88 bits per heavy atom. The van der Waals surface area contributed by atoms with Gasteiger partial charge in [-0.3, -0.25) is 4.79 Å². The number of urea groups is 1. The normalized spacial score (nSPS) is 18.1. The van der Waals surface area contributed by atoms with Crippen LogP contribution >= 0.6 is 0 Å². The Balaban J connectivity index is 1.83. The molecule has 9 heteroatoms. The minimum Gasteiger partial charge on any atom is -0.493 e. The lowest BCUT2D eigenvalue weighted by molar-refractivity contribution is -0.125. The molecule has 1 N–H and O–H groups in total. The molecule has 0 saturated carbocycles. The van der Waals surface area contributed by atoms with E-state index in [0.717, 1.165) is 28.8 Å². The lowest BCUT2D eigenvalue weighted by Gasteiger charge is -2.27. The number of hydrogen-bond acceptors (Lipinski definition) is 6. The molecule has 2 heterocycles. The molecule has 9 nitrogen and oxygen atoms in total. The molecular weight excluding hydrogens is 436 g/mol. The summed E-state index contributed by atoms with van der Waals surface area (Å²) < 4.78 is 16.3. The molecular formula is C25H30N4O5. The quantitative estimate of drug-likeness (QED) is 0.732. The maximum Gasteiger partial charge on any atom is 0.337 e. The van der Waals surface area contributed by atoms with Crippen LogP contribution in [0, 0.1) is 0 Å². The fourth-order valence-electron chi connectivity index (χ4n) is 4.34. The van der Waals surface area contributed by atoms with Gasteiger partial charge >= 0.3 is 6.03 Å². The van der Waals surface area contributed by atoms with Crippen molar-refractivity contribution >= 4 is 23.3 Å². The number of methoxy groups -OCH3 is 2. The van der Waals surface area contributed by atoms with Crippen LogP contribution in [0.25, 0.3) is 0 Å². The smallest absolute Gasteiger partial charge is 0.337 e. The van der Waals surface area contributed by atoms with Crippen molar-refractivity contribution in [2.75, 3.05) is 45.9 Å². The van der Waals surface area contributed by atoms with E-state index >= 15 is 0 Å². The number of rotatable bonds is 5. The second-order valence-corrected chi connectivity index (χ2v) is 8.12. The molecule has 0 radical (unpaired) electrons. The highest BCUT2D eigenvalue weighted by atomic mass is 16.5. The van der Waals surface area contributed by atoms with E-state index in [1.807, 2.05) is 43.3 Å². The molecule has 34 heavy (non-hydrogen) atoms. The predicted molar refractivity (Wildman–Crippen MR) is 129 cm³/mol. The van der Waals surface area contributed by atoms with E-state index in [1.165, 1.54) is 5.01 Å². The number of anilines is 1. The molecule has 1 saturated heterocycles. The third kappa shape index (κ3) is 4.43. The molecule has 1 fully saturated rings. The zero-order chi connectivity index (χ0) is 24.2. The van der Waals surface area contributed by atoms with Crippen molar-refractivity contribution in [3.63, 3.8) is 0 Å². The first-order valence-electron chi connectivity index (χ1n) is 11.3. The second kappa shape index (κ2) is 10.1. The van der Waals surface area contributed by atoms with Crippen molar-refractivity contribution in [1.82, 2.24) is 10.3 Å². The molecule has 1 unspecified atom stereocenters. The summed E-state index contributed by atoms with van der Waals surface area (Å²) in [5.41, 5.74) is 4.16. The Hall–Kier alpha value is -3.59. The number of morpholine rings is 1. The number of ether oxygens (including phenoxy) is 3. The van der Waals surface area contributed by atoms with Crippen molar-refractivity contribution in [3.05, 3.63) is 53.1 Å². The summed E-state index contributed by atoms with van der Waals surface area (Å²) in [6.07, 6.45) is 1.35. The van der Waals surface area contributed by atoms with Crippen molar-refractivity contribution in [1.29, 1.82) is 0 Å². The molecule has 0 aliphatic carbocycles. The Labute approximate surface area is 199 Å². The zero-order valence-electron chi connectivity index (χ0n) is 20.0. The van der Waals surface area contributed by atoms with Gasteiger partial charge in [0.25, 0.3) is 5.91 Å². The summed E-state index contributed by atoms with van der Waals surface area (Å²) >= 11 is 0. The number of carbonyl (C=O) groups is 2. The molecule has 180 valence electrons. The van der Waals surface area contributed by atoms with Crippen LogP contribution in [0.4, 0.5) is 10.5 Å². The molecule has 0 bridgehead atoms. The molecule has 2 aliphatic heterocycles. The van der Waals surface area contributed by atoms with Gasteiger partial charge in [-0.2, -0.15) is 5.10 Å². The fraction of sp³-hybridized carbons (Fsp3) is 0.400. The number of nitrogens with one attached hydrogen (secondary N) is 1. The van der Waals surface area contributed by atoms with Crippen molar-refractivity contribution in [2.24, 2.45) is 5.10 Å². The van der Waals surface area contributed by atoms with Gasteiger partial charge in [0.2, 0.25) is 0 Å². The molecule has 3 amide bonds. The van der Waals surface area contributed by atoms with Crippen LogP contribution < -0.4 is 19.7 Å². The fourth-order valence-corrected chi connectivity index (χ4v) is 4.34. The molecule has 0 spiro atoms. The summed E-state index contributed by atoms with van der Waals surface area (Å²) in [6.45, 7) is 3.15. The van der Waals surface area contributed by atoms with Crippen LogP contribution in [0.15, 0.2) is 41.5 Å². The van der Waals surface area contributed by atoms with E-state index in [2.05, 4.69) is 5.32 Å². The van der Waals surface area contributed by atoms with Gasteiger partial charge in [-0.05, 0) is 42.7 Å². The third-order valence-electron chi connectivity index (χ3n) is 6.21. The first-order chi connectivity index (χ1) is 16.5. The monoisotopic (exact) mass is 466 g/mol. The Kier molecular flexibility index (Phi) is 7.02. The van der Waals surface area contributed by atoms with E-state index in [9.17, 15) is 9.59 Å². The van der Waals surface area contributed by atoms with Gasteiger partial charge in [0.1, 0.15) is 6.61 Å². The first-order valence-corrected chi connectivity index (χ1v) is 11.3. The van der Waals surface area contributed by atoms with Crippen molar-refractivity contribution in [2.45, 2.75) is 25.8 Å². The second-order valence-electron chi connectivity index (χ2n) is 8.12. The standard InChI is InChI=1S/C25H30N4O5/c1-5-18-12-17-13-21(32-3)22(33-4)14-20(17)24(27-29(18)25(31)26-2)16-6-8-19(9-7-16)28-10-11-34-15-23(28)30/h6-9,13-14,18H,5,10-12,15H2,1-4H3,(H,26,31). The van der Waals surface area contributed by atoms with Crippen LogP contribution in [0.3, 0.4) is 0 Å². The predicted octanol–water partition coefficient (Wildman–Crippen LogP) is 2.80. The summed E-state index contributed by atoms with van der Waals surface area (Å²) in [7, 11) is 4.80. The number of nitrogens with zero attached hydrogens (tertiary/aromatic N) is 3. The largest absolute Gasteiger partial charge is 0.493 e. The van der Waals surface area contributed by atoms with Crippen LogP contribution in [-0.4, -0.2) is 69.7 Å². The zero-order valence-corrected chi connectivity index (χ0v) is 20.0. The van der Waals surface area contributed by atoms with Crippen LogP contribution in [0.1, 0.15) is 30.0 Å². The third-order valence-corrected chi connectivity index (χ3v) is 6.21. The summed E-state index contributed by atoms with van der Waals surface area (Å²) in [4.78, 5) is 26.7. The SMILES string of the molecule is CCC1Cc2cc(OC)c(OC)cc2C(c2ccc(N3CCOCC3=O)cc2)=NN1C(=O)NC. The number of hydrazone groups is 1. The van der Waals surface area contributed by atoms with E-state index in [1.54, 1.807) is 26.2 Å². The number of hydrogen-bond donors (Lipinski definition) is 1. The minimum absolute atomic E-state index is 0.0652. The average Bonchev–Trinajstić information content (AvgIpc) is 3.04. The van der Waals surface area contributed by atoms with Crippen LogP contribution in [0.2, 0.25) is 0 Å². The van der Waals surface area contributed by atoms with Gasteiger partial charge in [-0.25, -0.2) is 9.80 Å². The Bertz CT molecular complexity index is 1100. The molecule has 2 aromatic carbocycles. The maximum absolute atomic E-state index is 12.8. The minimum atomic E-state index is -0.272. The van der Waals surface area contributed by atoms with Gasteiger partial charge in [0.05, 0.1) is 32.6 Å². The summed E-state index contributed by atoms with van der Waals surface area (Å²) in [6, 6.07) is 11.1. The van der Waals surface area contributed by atoms with Gasteiger partial charge < -0.3 is 24.4 Å². The van der Waals surface area contributed by atoms with Crippen molar-refractivity contribution in [3.8, 4) is 11.5 Å². The number of benzene rings is 2. The van der Waals surface area contributed by atoms with Gasteiger partial charge in [0, 0.05) is 30.4 Å². The summed E-state index contributed by atoms with van der Waals surface area (Å²) in [5.74, 6) is 1.15. The topological polar surface area (TPSA) is 92.7 Å². The maximum atomic E-state index is 12.8. The molecule has 1 atom stereocenters. The number of carbonyl (C=O) groups excluding carboxylic acids is 2.